The van der Waals surface area contributed by atoms with Crippen LogP contribution in [0.25, 0.3) is 5.69 Å². The van der Waals surface area contributed by atoms with E-state index < -0.39 is 6.10 Å². The van der Waals surface area contributed by atoms with Crippen LogP contribution in [-0.4, -0.2) is 39.5 Å². The van der Waals surface area contributed by atoms with Gasteiger partial charge < -0.3 is 14.8 Å². The Hall–Kier alpha value is -3.55. The van der Waals surface area contributed by atoms with Crippen LogP contribution in [0, 0.1) is 0 Å². The number of carbonyl (C=O) groups excluding carboxylic acids is 1. The lowest BCUT2D eigenvalue weighted by atomic mass is 10.2. The van der Waals surface area contributed by atoms with Crippen LogP contribution in [0.3, 0.4) is 0 Å². The SMILES string of the molecule is O=C(NCCn1nc(C2CC2)n(-c2ccccc2)c1=O)[C@@H]1COc2ccccc2O1. The second-order valence-electron chi connectivity index (χ2n) is 7.46. The molecular formula is C22H22N4O4. The van der Waals surface area contributed by atoms with E-state index in [0.29, 0.717) is 17.4 Å². The number of benzene rings is 2. The Morgan fingerprint density at radius 2 is 1.80 bits per heavy atom. The van der Waals surface area contributed by atoms with Gasteiger partial charge in [-0.25, -0.2) is 14.0 Å². The molecule has 1 N–H and O–H groups in total. The van der Waals surface area contributed by atoms with E-state index in [-0.39, 0.29) is 31.3 Å². The first-order valence-corrected chi connectivity index (χ1v) is 10.1. The first kappa shape index (κ1) is 18.5. The molecule has 1 fully saturated rings. The Morgan fingerprint density at radius 1 is 1.07 bits per heavy atom. The lowest BCUT2D eigenvalue weighted by Gasteiger charge is -2.25. The fraction of sp³-hybridized carbons (Fsp3) is 0.318. The number of hydrogen-bond acceptors (Lipinski definition) is 5. The molecule has 8 nitrogen and oxygen atoms in total. The van der Waals surface area contributed by atoms with E-state index in [0.717, 1.165) is 24.4 Å². The second-order valence-corrected chi connectivity index (χ2v) is 7.46. The van der Waals surface area contributed by atoms with Crippen molar-refractivity contribution in [2.45, 2.75) is 31.4 Å². The highest BCUT2D eigenvalue weighted by molar-refractivity contribution is 5.81. The van der Waals surface area contributed by atoms with E-state index in [1.54, 1.807) is 16.7 Å². The van der Waals surface area contributed by atoms with Gasteiger partial charge in [-0.1, -0.05) is 30.3 Å². The molecule has 2 aromatic carbocycles. The number of carbonyl (C=O) groups is 1. The van der Waals surface area contributed by atoms with Crippen molar-refractivity contribution in [3.05, 3.63) is 70.9 Å². The molecule has 1 atom stereocenters. The minimum atomic E-state index is -0.722. The molecule has 5 rings (SSSR count). The number of ether oxygens (including phenoxy) is 2. The van der Waals surface area contributed by atoms with Gasteiger partial charge in [0.25, 0.3) is 5.91 Å². The van der Waals surface area contributed by atoms with Gasteiger partial charge in [-0.3, -0.25) is 4.79 Å². The minimum absolute atomic E-state index is 0.150. The fourth-order valence-corrected chi connectivity index (χ4v) is 3.54. The maximum Gasteiger partial charge on any atom is 0.350 e. The lowest BCUT2D eigenvalue weighted by molar-refractivity contribution is -0.130. The monoisotopic (exact) mass is 406 g/mol. The maximum absolute atomic E-state index is 12.9. The van der Waals surface area contributed by atoms with Crippen LogP contribution in [-0.2, 0) is 11.3 Å². The zero-order valence-corrected chi connectivity index (χ0v) is 16.4. The third kappa shape index (κ3) is 3.56. The topological polar surface area (TPSA) is 87.4 Å². The average Bonchev–Trinajstić information content (AvgIpc) is 3.58. The van der Waals surface area contributed by atoms with E-state index in [2.05, 4.69) is 10.4 Å². The van der Waals surface area contributed by atoms with E-state index in [1.807, 2.05) is 42.5 Å². The summed E-state index contributed by atoms with van der Waals surface area (Å²) < 4.78 is 14.4. The molecule has 0 bridgehead atoms. The van der Waals surface area contributed by atoms with Gasteiger partial charge in [0, 0.05) is 12.5 Å². The van der Waals surface area contributed by atoms with Crippen LogP contribution in [0.15, 0.2) is 59.4 Å². The van der Waals surface area contributed by atoms with Crippen LogP contribution in [0.4, 0.5) is 0 Å². The Morgan fingerprint density at radius 3 is 2.57 bits per heavy atom. The second kappa shape index (κ2) is 7.70. The van der Waals surface area contributed by atoms with E-state index in [4.69, 9.17) is 9.47 Å². The lowest BCUT2D eigenvalue weighted by Crippen LogP contribution is -2.45. The van der Waals surface area contributed by atoms with Gasteiger partial charge in [0.2, 0.25) is 6.10 Å². The third-order valence-corrected chi connectivity index (χ3v) is 5.25. The van der Waals surface area contributed by atoms with Gasteiger partial charge in [-0.15, -0.1) is 0 Å². The van der Waals surface area contributed by atoms with Crippen LogP contribution < -0.4 is 20.5 Å². The number of nitrogens with one attached hydrogen (secondary N) is 1. The molecule has 0 spiro atoms. The summed E-state index contributed by atoms with van der Waals surface area (Å²) in [6.45, 7) is 0.710. The van der Waals surface area contributed by atoms with Crippen molar-refractivity contribution in [1.29, 1.82) is 0 Å². The Balaban J connectivity index is 1.25. The highest BCUT2D eigenvalue weighted by atomic mass is 16.6. The van der Waals surface area contributed by atoms with Crippen LogP contribution in [0.5, 0.6) is 11.5 Å². The van der Waals surface area contributed by atoms with Crippen LogP contribution in [0.2, 0.25) is 0 Å². The summed E-state index contributed by atoms with van der Waals surface area (Å²) in [5.74, 6) is 2.02. The van der Waals surface area contributed by atoms with Crippen molar-refractivity contribution < 1.29 is 14.3 Å². The minimum Gasteiger partial charge on any atom is -0.485 e. The predicted octanol–water partition coefficient (Wildman–Crippen LogP) is 1.87. The van der Waals surface area contributed by atoms with Crippen molar-refractivity contribution in [3.8, 4) is 17.2 Å². The molecule has 1 saturated carbocycles. The molecule has 0 saturated heterocycles. The van der Waals surface area contributed by atoms with Gasteiger partial charge in [0.15, 0.2) is 11.5 Å². The number of para-hydroxylation sites is 3. The van der Waals surface area contributed by atoms with Gasteiger partial charge in [0.05, 0.1) is 12.2 Å². The molecule has 3 aromatic rings. The molecule has 0 radical (unpaired) electrons. The molecule has 1 amide bonds. The van der Waals surface area contributed by atoms with Crippen molar-refractivity contribution >= 4 is 5.91 Å². The quantitative estimate of drug-likeness (QED) is 0.675. The molecule has 1 aromatic heterocycles. The largest absolute Gasteiger partial charge is 0.485 e. The first-order valence-electron chi connectivity index (χ1n) is 10.1. The van der Waals surface area contributed by atoms with Gasteiger partial charge in [-0.05, 0) is 37.1 Å². The molecule has 2 heterocycles. The molecule has 1 aliphatic heterocycles. The number of amides is 1. The fourth-order valence-electron chi connectivity index (χ4n) is 3.54. The van der Waals surface area contributed by atoms with Gasteiger partial charge in [0.1, 0.15) is 12.4 Å². The standard InChI is InChI=1S/C22H22N4O4/c27-21(19-14-29-17-8-4-5-9-18(17)30-19)23-12-13-25-22(28)26(16-6-2-1-3-7-16)20(24-25)15-10-11-15/h1-9,15,19H,10-14H2,(H,23,27)/t19-/m0/s1. The highest BCUT2D eigenvalue weighted by Crippen LogP contribution is 2.39. The summed E-state index contributed by atoms with van der Waals surface area (Å²) in [5.41, 5.74) is 0.620. The van der Waals surface area contributed by atoms with Crippen molar-refractivity contribution in [3.63, 3.8) is 0 Å². The van der Waals surface area contributed by atoms with Gasteiger partial charge >= 0.3 is 5.69 Å². The van der Waals surface area contributed by atoms with Crippen molar-refractivity contribution in [2.75, 3.05) is 13.2 Å². The van der Waals surface area contributed by atoms with E-state index >= 15 is 0 Å². The zero-order valence-electron chi connectivity index (χ0n) is 16.4. The number of fused-ring (bicyclic) bond motifs is 1. The van der Waals surface area contributed by atoms with Crippen LogP contribution >= 0.6 is 0 Å². The average molecular weight is 406 g/mol. The normalized spacial score (nSPS) is 17.5. The van der Waals surface area contributed by atoms with Crippen molar-refractivity contribution in [2.24, 2.45) is 0 Å². The van der Waals surface area contributed by atoms with Crippen molar-refractivity contribution in [1.82, 2.24) is 19.7 Å². The molecule has 8 heteroatoms. The van der Waals surface area contributed by atoms with E-state index in [9.17, 15) is 9.59 Å². The Labute approximate surface area is 173 Å². The maximum atomic E-state index is 12.9. The molecule has 154 valence electrons. The van der Waals surface area contributed by atoms with Gasteiger partial charge in [-0.2, -0.15) is 5.10 Å². The molecule has 30 heavy (non-hydrogen) atoms. The number of nitrogens with zero attached hydrogens (tertiary/aromatic N) is 3. The number of hydrogen-bond donors (Lipinski definition) is 1. The van der Waals surface area contributed by atoms with Crippen LogP contribution in [0.1, 0.15) is 24.6 Å². The summed E-state index contributed by atoms with van der Waals surface area (Å²) in [6, 6.07) is 16.8. The zero-order chi connectivity index (χ0) is 20.5. The number of aromatic nitrogens is 3. The summed E-state index contributed by atoms with van der Waals surface area (Å²) in [5, 5.41) is 7.37. The summed E-state index contributed by atoms with van der Waals surface area (Å²) in [6.07, 6.45) is 1.36. The molecular weight excluding hydrogens is 384 g/mol. The smallest absolute Gasteiger partial charge is 0.350 e. The van der Waals surface area contributed by atoms with E-state index in [1.165, 1.54) is 4.68 Å². The highest BCUT2D eigenvalue weighted by Gasteiger charge is 2.31. The summed E-state index contributed by atoms with van der Waals surface area (Å²) in [7, 11) is 0. The Bertz CT molecular complexity index is 1120. The summed E-state index contributed by atoms with van der Waals surface area (Å²) in [4.78, 5) is 25.4. The molecule has 2 aliphatic rings. The molecule has 0 unspecified atom stereocenters. The number of rotatable bonds is 6. The molecule has 1 aliphatic carbocycles. The Kier molecular flexibility index (Phi) is 4.74. The first-order chi connectivity index (χ1) is 14.7. The third-order valence-electron chi connectivity index (χ3n) is 5.25. The predicted molar refractivity (Wildman–Crippen MR) is 109 cm³/mol. The summed E-state index contributed by atoms with van der Waals surface area (Å²) >= 11 is 0.